The third kappa shape index (κ3) is 3.06. The topological polar surface area (TPSA) is 18.5 Å². The van der Waals surface area contributed by atoms with Crippen LogP contribution in [-0.4, -0.2) is 25.2 Å². The van der Waals surface area contributed by atoms with E-state index in [1.165, 1.54) is 5.56 Å². The molecule has 19 heavy (non-hydrogen) atoms. The molecule has 1 aliphatic carbocycles. The maximum atomic E-state index is 6.31. The SMILES string of the molecule is CCC1(C)C(Cl)CC1Oc1ccc(CCOC)cc1. The Bertz CT molecular complexity index is 404. The van der Waals surface area contributed by atoms with Gasteiger partial charge in [-0.15, -0.1) is 11.6 Å². The predicted octanol–water partition coefficient (Wildman–Crippen LogP) is 4.05. The molecule has 0 N–H and O–H groups in total. The van der Waals surface area contributed by atoms with Crippen molar-refractivity contribution in [3.8, 4) is 5.75 Å². The van der Waals surface area contributed by atoms with E-state index in [9.17, 15) is 0 Å². The van der Waals surface area contributed by atoms with Crippen LogP contribution in [0.4, 0.5) is 0 Å². The van der Waals surface area contributed by atoms with Crippen molar-refractivity contribution in [1.29, 1.82) is 0 Å². The molecule has 2 nitrogen and oxygen atoms in total. The Labute approximate surface area is 121 Å². The van der Waals surface area contributed by atoms with Crippen LogP contribution in [0.25, 0.3) is 0 Å². The molecule has 1 aromatic carbocycles. The molecule has 1 fully saturated rings. The normalized spacial score (nSPS) is 29.9. The third-order valence-corrected chi connectivity index (χ3v) is 5.11. The predicted molar refractivity (Wildman–Crippen MR) is 79.1 cm³/mol. The molecule has 3 heteroatoms. The minimum Gasteiger partial charge on any atom is -0.490 e. The van der Waals surface area contributed by atoms with Crippen molar-refractivity contribution in [2.24, 2.45) is 5.41 Å². The molecule has 0 bridgehead atoms. The van der Waals surface area contributed by atoms with Gasteiger partial charge in [-0.1, -0.05) is 26.0 Å². The summed E-state index contributed by atoms with van der Waals surface area (Å²) in [5.41, 5.74) is 1.38. The summed E-state index contributed by atoms with van der Waals surface area (Å²) in [6, 6.07) is 8.30. The summed E-state index contributed by atoms with van der Waals surface area (Å²) >= 11 is 6.31. The maximum absolute atomic E-state index is 6.31. The van der Waals surface area contributed by atoms with E-state index in [1.54, 1.807) is 7.11 Å². The highest BCUT2D eigenvalue weighted by atomic mass is 35.5. The molecule has 0 radical (unpaired) electrons. The summed E-state index contributed by atoms with van der Waals surface area (Å²) in [6.45, 7) is 5.15. The van der Waals surface area contributed by atoms with Crippen LogP contribution >= 0.6 is 11.6 Å². The van der Waals surface area contributed by atoms with Crippen LogP contribution in [0.1, 0.15) is 32.3 Å². The quantitative estimate of drug-likeness (QED) is 0.733. The lowest BCUT2D eigenvalue weighted by Gasteiger charge is -2.50. The first-order valence-electron chi connectivity index (χ1n) is 6.98. The second-order valence-corrected chi connectivity index (χ2v) is 6.08. The molecule has 0 amide bonds. The Kier molecular flexibility index (Phi) is 4.75. The molecule has 0 aromatic heterocycles. The zero-order chi connectivity index (χ0) is 13.9. The van der Waals surface area contributed by atoms with E-state index in [2.05, 4.69) is 26.0 Å². The molecular weight excluding hydrogens is 260 g/mol. The van der Waals surface area contributed by atoms with Crippen molar-refractivity contribution < 1.29 is 9.47 Å². The van der Waals surface area contributed by atoms with Crippen LogP contribution in [0, 0.1) is 5.41 Å². The second kappa shape index (κ2) is 6.15. The molecule has 2 rings (SSSR count). The van der Waals surface area contributed by atoms with Gasteiger partial charge in [-0.2, -0.15) is 0 Å². The van der Waals surface area contributed by atoms with E-state index in [0.717, 1.165) is 31.6 Å². The Morgan fingerprint density at radius 2 is 2.00 bits per heavy atom. The molecule has 1 aliphatic rings. The first-order chi connectivity index (χ1) is 9.10. The van der Waals surface area contributed by atoms with Crippen molar-refractivity contribution >= 4 is 11.6 Å². The third-order valence-electron chi connectivity index (χ3n) is 4.43. The lowest BCUT2D eigenvalue weighted by Crippen LogP contribution is -2.55. The minimum atomic E-state index is 0.107. The molecule has 0 heterocycles. The highest BCUT2D eigenvalue weighted by molar-refractivity contribution is 6.21. The molecular formula is C16H23ClO2. The van der Waals surface area contributed by atoms with Gasteiger partial charge >= 0.3 is 0 Å². The van der Waals surface area contributed by atoms with Crippen LogP contribution < -0.4 is 4.74 Å². The van der Waals surface area contributed by atoms with Gasteiger partial charge in [0.1, 0.15) is 11.9 Å². The van der Waals surface area contributed by atoms with Gasteiger partial charge in [-0.25, -0.2) is 0 Å². The number of rotatable bonds is 6. The average Bonchev–Trinajstić information content (AvgIpc) is 2.45. The van der Waals surface area contributed by atoms with Gasteiger partial charge in [0.05, 0.1) is 6.61 Å². The van der Waals surface area contributed by atoms with E-state index in [1.807, 2.05) is 12.1 Å². The minimum absolute atomic E-state index is 0.107. The fourth-order valence-electron chi connectivity index (χ4n) is 2.52. The highest BCUT2D eigenvalue weighted by Gasteiger charge is 2.51. The van der Waals surface area contributed by atoms with E-state index >= 15 is 0 Å². The van der Waals surface area contributed by atoms with E-state index < -0.39 is 0 Å². The second-order valence-electron chi connectivity index (χ2n) is 5.56. The molecule has 0 aliphatic heterocycles. The van der Waals surface area contributed by atoms with Crippen LogP contribution in [-0.2, 0) is 11.2 Å². The Morgan fingerprint density at radius 1 is 1.32 bits per heavy atom. The molecule has 3 unspecified atom stereocenters. The van der Waals surface area contributed by atoms with Crippen LogP contribution in [0.3, 0.4) is 0 Å². The van der Waals surface area contributed by atoms with Gasteiger partial charge in [0, 0.05) is 24.3 Å². The van der Waals surface area contributed by atoms with Crippen molar-refractivity contribution in [1.82, 2.24) is 0 Å². The number of methoxy groups -OCH3 is 1. The zero-order valence-electron chi connectivity index (χ0n) is 12.0. The lowest BCUT2D eigenvalue weighted by molar-refractivity contribution is -0.0294. The summed E-state index contributed by atoms with van der Waals surface area (Å²) in [7, 11) is 1.72. The van der Waals surface area contributed by atoms with Crippen LogP contribution in [0.2, 0.25) is 0 Å². The van der Waals surface area contributed by atoms with Crippen molar-refractivity contribution in [2.75, 3.05) is 13.7 Å². The first-order valence-corrected chi connectivity index (χ1v) is 7.42. The van der Waals surface area contributed by atoms with Crippen molar-refractivity contribution in [3.63, 3.8) is 0 Å². The molecule has 3 atom stereocenters. The number of ether oxygens (including phenoxy) is 2. The van der Waals surface area contributed by atoms with Gasteiger partial charge < -0.3 is 9.47 Å². The zero-order valence-corrected chi connectivity index (χ0v) is 12.7. The summed E-state index contributed by atoms with van der Waals surface area (Å²) < 4.78 is 11.1. The van der Waals surface area contributed by atoms with Crippen molar-refractivity contribution in [2.45, 2.75) is 44.6 Å². The van der Waals surface area contributed by atoms with Gasteiger partial charge in [-0.05, 0) is 30.5 Å². The molecule has 0 spiro atoms. The fourth-order valence-corrected chi connectivity index (χ4v) is 2.98. The largest absolute Gasteiger partial charge is 0.490 e. The Morgan fingerprint density at radius 3 is 2.53 bits per heavy atom. The lowest BCUT2D eigenvalue weighted by atomic mass is 9.65. The van der Waals surface area contributed by atoms with E-state index in [-0.39, 0.29) is 16.9 Å². The van der Waals surface area contributed by atoms with Crippen LogP contribution in [0.5, 0.6) is 5.75 Å². The number of alkyl halides is 1. The Hall–Kier alpha value is -0.730. The number of hydrogen-bond acceptors (Lipinski definition) is 2. The fraction of sp³-hybridized carbons (Fsp3) is 0.625. The van der Waals surface area contributed by atoms with Crippen LogP contribution in [0.15, 0.2) is 24.3 Å². The van der Waals surface area contributed by atoms with E-state index in [0.29, 0.717) is 0 Å². The van der Waals surface area contributed by atoms with Gasteiger partial charge in [-0.3, -0.25) is 0 Å². The molecule has 1 saturated carbocycles. The number of benzene rings is 1. The Balaban J connectivity index is 1.93. The summed E-state index contributed by atoms with van der Waals surface area (Å²) in [5, 5.41) is 0.239. The van der Waals surface area contributed by atoms with Gasteiger partial charge in [0.25, 0.3) is 0 Å². The molecule has 1 aromatic rings. The molecule has 106 valence electrons. The first kappa shape index (κ1) is 14.7. The average molecular weight is 283 g/mol. The van der Waals surface area contributed by atoms with Gasteiger partial charge in [0.15, 0.2) is 0 Å². The standard InChI is InChI=1S/C16H23ClO2/c1-4-16(2)14(17)11-15(16)19-13-7-5-12(6-8-13)9-10-18-3/h5-8,14-15H,4,9-11H2,1-3H3. The monoisotopic (exact) mass is 282 g/mol. The smallest absolute Gasteiger partial charge is 0.119 e. The summed E-state index contributed by atoms with van der Waals surface area (Å²) in [5.74, 6) is 0.939. The van der Waals surface area contributed by atoms with Gasteiger partial charge in [0.2, 0.25) is 0 Å². The molecule has 0 saturated heterocycles. The number of halogens is 1. The van der Waals surface area contributed by atoms with Crippen molar-refractivity contribution in [3.05, 3.63) is 29.8 Å². The summed E-state index contributed by atoms with van der Waals surface area (Å²) in [6.07, 6.45) is 3.18. The highest BCUT2D eigenvalue weighted by Crippen LogP contribution is 2.49. The summed E-state index contributed by atoms with van der Waals surface area (Å²) in [4.78, 5) is 0. The number of hydrogen-bond donors (Lipinski definition) is 0. The van der Waals surface area contributed by atoms with E-state index in [4.69, 9.17) is 21.1 Å². The maximum Gasteiger partial charge on any atom is 0.119 e.